The fourth-order valence-electron chi connectivity index (χ4n) is 1.97. The van der Waals surface area contributed by atoms with Crippen molar-refractivity contribution in [1.82, 2.24) is 14.9 Å². The quantitative estimate of drug-likeness (QED) is 0.714. The standard InChI is InChI=1S/C15H28N4O/c1-5-9-19(7-3)10-8-16-15-17-13(4)12-14(18-15)20-11-6-2/h12H,5-11H2,1-4H3,(H,16,17,18). The first-order chi connectivity index (χ1) is 9.69. The van der Waals surface area contributed by atoms with Crippen LogP contribution in [-0.4, -0.2) is 47.7 Å². The van der Waals surface area contributed by atoms with Crippen molar-refractivity contribution >= 4 is 5.95 Å². The maximum absolute atomic E-state index is 5.56. The number of hydrogen-bond donors (Lipinski definition) is 1. The number of rotatable bonds is 10. The van der Waals surface area contributed by atoms with Gasteiger partial charge in [0.2, 0.25) is 11.8 Å². The van der Waals surface area contributed by atoms with Gasteiger partial charge in [0.1, 0.15) is 0 Å². The number of aryl methyl sites for hydroxylation is 1. The first kappa shape index (κ1) is 16.7. The lowest BCUT2D eigenvalue weighted by Gasteiger charge is -2.19. The zero-order chi connectivity index (χ0) is 14.8. The highest BCUT2D eigenvalue weighted by atomic mass is 16.5. The van der Waals surface area contributed by atoms with Crippen LogP contribution in [0.2, 0.25) is 0 Å². The van der Waals surface area contributed by atoms with Crippen molar-refractivity contribution < 1.29 is 4.74 Å². The lowest BCUT2D eigenvalue weighted by Crippen LogP contribution is -2.30. The van der Waals surface area contributed by atoms with Crippen LogP contribution in [0.5, 0.6) is 5.88 Å². The van der Waals surface area contributed by atoms with Gasteiger partial charge < -0.3 is 15.0 Å². The molecule has 0 radical (unpaired) electrons. The molecule has 1 heterocycles. The van der Waals surface area contributed by atoms with E-state index < -0.39 is 0 Å². The second kappa shape index (κ2) is 9.53. The van der Waals surface area contributed by atoms with Gasteiger partial charge in [-0.3, -0.25) is 0 Å². The lowest BCUT2D eigenvalue weighted by molar-refractivity contribution is 0.298. The van der Waals surface area contributed by atoms with Crippen molar-refractivity contribution in [2.45, 2.75) is 40.5 Å². The van der Waals surface area contributed by atoms with E-state index >= 15 is 0 Å². The highest BCUT2D eigenvalue weighted by Gasteiger charge is 2.04. The summed E-state index contributed by atoms with van der Waals surface area (Å²) in [4.78, 5) is 11.2. The number of nitrogens with one attached hydrogen (secondary N) is 1. The van der Waals surface area contributed by atoms with Crippen molar-refractivity contribution in [3.05, 3.63) is 11.8 Å². The van der Waals surface area contributed by atoms with E-state index in [1.54, 1.807) is 0 Å². The second-order valence-electron chi connectivity index (χ2n) is 4.88. The fraction of sp³-hybridized carbons (Fsp3) is 0.733. The summed E-state index contributed by atoms with van der Waals surface area (Å²) in [5.41, 5.74) is 0.925. The van der Waals surface area contributed by atoms with Gasteiger partial charge in [0.15, 0.2) is 0 Å². The molecule has 0 unspecified atom stereocenters. The first-order valence-electron chi connectivity index (χ1n) is 7.64. The Balaban J connectivity index is 2.48. The summed E-state index contributed by atoms with van der Waals surface area (Å²) in [5, 5.41) is 3.28. The van der Waals surface area contributed by atoms with Crippen molar-refractivity contribution in [2.75, 3.05) is 38.1 Å². The minimum Gasteiger partial charge on any atom is -0.478 e. The maximum Gasteiger partial charge on any atom is 0.226 e. The molecule has 1 N–H and O–H groups in total. The minimum absolute atomic E-state index is 0.655. The molecule has 0 aliphatic rings. The third kappa shape index (κ3) is 6.19. The van der Waals surface area contributed by atoms with Crippen LogP contribution in [0.1, 0.15) is 39.3 Å². The molecular formula is C15H28N4O. The van der Waals surface area contributed by atoms with E-state index in [4.69, 9.17) is 4.74 Å². The highest BCUT2D eigenvalue weighted by molar-refractivity contribution is 5.30. The summed E-state index contributed by atoms with van der Waals surface area (Å²) in [6.45, 7) is 13.2. The van der Waals surface area contributed by atoms with E-state index in [0.29, 0.717) is 18.4 Å². The zero-order valence-corrected chi connectivity index (χ0v) is 13.3. The Morgan fingerprint density at radius 2 is 1.95 bits per heavy atom. The van der Waals surface area contributed by atoms with Gasteiger partial charge in [0.05, 0.1) is 6.61 Å². The van der Waals surface area contributed by atoms with Crippen LogP contribution >= 0.6 is 0 Å². The largest absolute Gasteiger partial charge is 0.478 e. The number of hydrogen-bond acceptors (Lipinski definition) is 5. The predicted octanol–water partition coefficient (Wildman–Crippen LogP) is 2.72. The van der Waals surface area contributed by atoms with E-state index in [2.05, 4.69) is 41.0 Å². The Kier molecular flexibility index (Phi) is 7.95. The van der Waals surface area contributed by atoms with Crippen LogP contribution in [0.15, 0.2) is 6.07 Å². The summed E-state index contributed by atoms with van der Waals surface area (Å²) < 4.78 is 5.56. The normalized spacial score (nSPS) is 10.8. The third-order valence-corrected chi connectivity index (χ3v) is 2.98. The average molecular weight is 280 g/mol. The Bertz CT molecular complexity index is 384. The van der Waals surface area contributed by atoms with E-state index in [1.165, 1.54) is 6.42 Å². The number of nitrogens with zero attached hydrogens (tertiary/aromatic N) is 3. The van der Waals surface area contributed by atoms with Crippen molar-refractivity contribution in [1.29, 1.82) is 0 Å². The molecule has 5 nitrogen and oxygen atoms in total. The van der Waals surface area contributed by atoms with E-state index in [9.17, 15) is 0 Å². The molecule has 1 aromatic heterocycles. The fourth-order valence-corrected chi connectivity index (χ4v) is 1.97. The van der Waals surface area contributed by atoms with Crippen LogP contribution in [-0.2, 0) is 0 Å². The topological polar surface area (TPSA) is 50.3 Å². The molecule has 0 fully saturated rings. The molecule has 1 aromatic rings. The van der Waals surface area contributed by atoms with E-state index in [1.807, 2.05) is 13.0 Å². The monoisotopic (exact) mass is 280 g/mol. The molecule has 0 amide bonds. The van der Waals surface area contributed by atoms with Gasteiger partial charge >= 0.3 is 0 Å². The zero-order valence-electron chi connectivity index (χ0n) is 13.3. The molecule has 0 aliphatic carbocycles. The Labute approximate surface area is 122 Å². The molecule has 0 spiro atoms. The number of anilines is 1. The van der Waals surface area contributed by atoms with Gasteiger partial charge in [-0.05, 0) is 32.9 Å². The summed E-state index contributed by atoms with van der Waals surface area (Å²) >= 11 is 0. The summed E-state index contributed by atoms with van der Waals surface area (Å²) in [6.07, 6.45) is 2.16. The van der Waals surface area contributed by atoms with Gasteiger partial charge in [-0.25, -0.2) is 4.98 Å². The Morgan fingerprint density at radius 1 is 1.15 bits per heavy atom. The van der Waals surface area contributed by atoms with Crippen LogP contribution in [0, 0.1) is 6.92 Å². The molecule has 1 rings (SSSR count). The van der Waals surface area contributed by atoms with Crippen LogP contribution in [0.4, 0.5) is 5.95 Å². The van der Waals surface area contributed by atoms with Gasteiger partial charge in [-0.1, -0.05) is 20.8 Å². The van der Waals surface area contributed by atoms with Crippen LogP contribution in [0.3, 0.4) is 0 Å². The van der Waals surface area contributed by atoms with Crippen LogP contribution in [0.25, 0.3) is 0 Å². The third-order valence-electron chi connectivity index (χ3n) is 2.98. The second-order valence-corrected chi connectivity index (χ2v) is 4.88. The number of likely N-dealkylation sites (N-methyl/N-ethyl adjacent to an activating group) is 1. The number of aromatic nitrogens is 2. The molecule has 0 aromatic carbocycles. The molecule has 114 valence electrons. The van der Waals surface area contributed by atoms with Crippen LogP contribution < -0.4 is 10.1 Å². The molecule has 0 aliphatic heterocycles. The first-order valence-corrected chi connectivity index (χ1v) is 7.64. The van der Waals surface area contributed by atoms with Crippen molar-refractivity contribution in [3.63, 3.8) is 0 Å². The molecule has 20 heavy (non-hydrogen) atoms. The smallest absolute Gasteiger partial charge is 0.226 e. The maximum atomic E-state index is 5.56. The van der Waals surface area contributed by atoms with Gasteiger partial charge in [0, 0.05) is 24.8 Å². The highest BCUT2D eigenvalue weighted by Crippen LogP contribution is 2.12. The molecule has 0 bridgehead atoms. The average Bonchev–Trinajstić information content (AvgIpc) is 2.43. The predicted molar refractivity (Wildman–Crippen MR) is 83.4 cm³/mol. The molecule has 5 heteroatoms. The minimum atomic E-state index is 0.655. The van der Waals surface area contributed by atoms with Crippen molar-refractivity contribution in [3.8, 4) is 5.88 Å². The summed E-state index contributed by atoms with van der Waals surface area (Å²) in [5.74, 6) is 1.31. The summed E-state index contributed by atoms with van der Waals surface area (Å²) in [6, 6.07) is 1.87. The molecule has 0 saturated heterocycles. The summed E-state index contributed by atoms with van der Waals surface area (Å²) in [7, 11) is 0. The van der Waals surface area contributed by atoms with Gasteiger partial charge in [0.25, 0.3) is 0 Å². The molecular weight excluding hydrogens is 252 g/mol. The van der Waals surface area contributed by atoms with E-state index in [0.717, 1.165) is 38.3 Å². The van der Waals surface area contributed by atoms with E-state index in [-0.39, 0.29) is 0 Å². The Morgan fingerprint density at radius 3 is 2.60 bits per heavy atom. The Hall–Kier alpha value is -1.36. The van der Waals surface area contributed by atoms with Gasteiger partial charge in [-0.15, -0.1) is 0 Å². The lowest BCUT2D eigenvalue weighted by atomic mass is 10.4. The number of ether oxygens (including phenoxy) is 1. The van der Waals surface area contributed by atoms with Gasteiger partial charge in [-0.2, -0.15) is 4.98 Å². The SMILES string of the molecule is CCCOc1cc(C)nc(NCCN(CC)CCC)n1. The molecule has 0 saturated carbocycles. The molecule has 0 atom stereocenters. The van der Waals surface area contributed by atoms with Crippen molar-refractivity contribution in [2.24, 2.45) is 0 Å².